The van der Waals surface area contributed by atoms with Crippen LogP contribution in [0.1, 0.15) is 29.9 Å². The molecule has 108 valence electrons. The van der Waals surface area contributed by atoms with Crippen LogP contribution < -0.4 is 10.5 Å². The minimum absolute atomic E-state index is 0.135. The first kappa shape index (κ1) is 14.9. The summed E-state index contributed by atoms with van der Waals surface area (Å²) in [4.78, 5) is 0. The van der Waals surface area contributed by atoms with Crippen LogP contribution in [-0.2, 0) is 13.0 Å². The molecule has 0 aliphatic carbocycles. The zero-order valence-electron chi connectivity index (χ0n) is 12.1. The number of rotatable bonds is 5. The van der Waals surface area contributed by atoms with Gasteiger partial charge in [0.1, 0.15) is 5.75 Å². The summed E-state index contributed by atoms with van der Waals surface area (Å²) in [7, 11) is 1.65. The van der Waals surface area contributed by atoms with Gasteiger partial charge in [-0.2, -0.15) is 5.10 Å². The second-order valence-corrected chi connectivity index (χ2v) is 5.13. The van der Waals surface area contributed by atoms with Crippen LogP contribution in [0.15, 0.2) is 24.3 Å². The molecular weight excluding hydrogens is 274 g/mol. The van der Waals surface area contributed by atoms with Crippen molar-refractivity contribution in [3.63, 3.8) is 0 Å². The lowest BCUT2D eigenvalue weighted by molar-refractivity contribution is 0.413. The average molecular weight is 294 g/mol. The number of halogens is 1. The van der Waals surface area contributed by atoms with Gasteiger partial charge in [0, 0.05) is 19.0 Å². The second-order valence-electron chi connectivity index (χ2n) is 4.75. The van der Waals surface area contributed by atoms with E-state index in [2.05, 4.69) is 5.10 Å². The molecule has 0 bridgehead atoms. The van der Waals surface area contributed by atoms with Crippen molar-refractivity contribution in [2.75, 3.05) is 7.11 Å². The molecule has 0 saturated heterocycles. The van der Waals surface area contributed by atoms with Crippen molar-refractivity contribution >= 4 is 11.6 Å². The van der Waals surface area contributed by atoms with E-state index in [-0.39, 0.29) is 6.04 Å². The van der Waals surface area contributed by atoms with Gasteiger partial charge >= 0.3 is 0 Å². The molecule has 4 nitrogen and oxygen atoms in total. The normalized spacial score (nSPS) is 12.4. The van der Waals surface area contributed by atoms with Crippen LogP contribution in [0, 0.1) is 6.92 Å². The summed E-state index contributed by atoms with van der Waals surface area (Å²) in [5.41, 5.74) is 9.16. The Morgan fingerprint density at radius 3 is 2.85 bits per heavy atom. The third-order valence-corrected chi connectivity index (χ3v) is 3.88. The van der Waals surface area contributed by atoms with Gasteiger partial charge in [-0.3, -0.25) is 4.68 Å². The second kappa shape index (κ2) is 6.29. The lowest BCUT2D eigenvalue weighted by Gasteiger charge is -2.14. The summed E-state index contributed by atoms with van der Waals surface area (Å²) in [5.74, 6) is 0.809. The molecule has 2 N–H and O–H groups in total. The number of benzene rings is 1. The standard InChI is InChI=1S/C15H20ClN3O/c1-4-19-14(15(16)10(2)18-19)9-13(17)11-6-5-7-12(8-11)20-3/h5-8,13H,4,9,17H2,1-3H3. The Morgan fingerprint density at radius 2 is 2.20 bits per heavy atom. The van der Waals surface area contributed by atoms with E-state index < -0.39 is 0 Å². The van der Waals surface area contributed by atoms with Crippen LogP contribution in [-0.4, -0.2) is 16.9 Å². The molecule has 1 unspecified atom stereocenters. The first-order valence-corrected chi connectivity index (χ1v) is 7.06. The Balaban J connectivity index is 2.25. The first-order valence-electron chi connectivity index (χ1n) is 6.68. The SMILES string of the molecule is CCn1nc(C)c(Cl)c1CC(N)c1cccc(OC)c1. The van der Waals surface area contributed by atoms with Gasteiger partial charge in [0.15, 0.2) is 0 Å². The number of ether oxygens (including phenoxy) is 1. The predicted molar refractivity (Wildman–Crippen MR) is 81.3 cm³/mol. The minimum atomic E-state index is -0.135. The highest BCUT2D eigenvalue weighted by Gasteiger charge is 2.17. The maximum Gasteiger partial charge on any atom is 0.119 e. The third kappa shape index (κ3) is 2.97. The highest BCUT2D eigenvalue weighted by molar-refractivity contribution is 6.31. The molecule has 0 fully saturated rings. The summed E-state index contributed by atoms with van der Waals surface area (Å²) >= 11 is 6.32. The molecule has 0 amide bonds. The fourth-order valence-electron chi connectivity index (χ4n) is 2.26. The van der Waals surface area contributed by atoms with Crippen LogP contribution >= 0.6 is 11.6 Å². The number of aryl methyl sites for hydroxylation is 2. The zero-order chi connectivity index (χ0) is 14.7. The van der Waals surface area contributed by atoms with E-state index in [1.165, 1.54) is 0 Å². The minimum Gasteiger partial charge on any atom is -0.497 e. The number of aromatic nitrogens is 2. The number of nitrogens with two attached hydrogens (primary N) is 1. The largest absolute Gasteiger partial charge is 0.497 e. The van der Waals surface area contributed by atoms with Gasteiger partial charge in [-0.25, -0.2) is 0 Å². The fourth-order valence-corrected chi connectivity index (χ4v) is 2.47. The van der Waals surface area contributed by atoms with E-state index in [1.54, 1.807) is 7.11 Å². The van der Waals surface area contributed by atoms with Gasteiger partial charge in [-0.05, 0) is 31.5 Å². The molecule has 0 spiro atoms. The fraction of sp³-hybridized carbons (Fsp3) is 0.400. The van der Waals surface area contributed by atoms with Crippen molar-refractivity contribution in [3.05, 3.63) is 46.2 Å². The Hall–Kier alpha value is -1.52. The van der Waals surface area contributed by atoms with E-state index in [9.17, 15) is 0 Å². The van der Waals surface area contributed by atoms with Crippen LogP contribution in [0.25, 0.3) is 0 Å². The van der Waals surface area contributed by atoms with E-state index in [4.69, 9.17) is 22.1 Å². The molecule has 1 atom stereocenters. The van der Waals surface area contributed by atoms with Crippen LogP contribution in [0.5, 0.6) is 5.75 Å². The Kier molecular flexibility index (Phi) is 4.68. The van der Waals surface area contributed by atoms with E-state index in [0.717, 1.165) is 29.2 Å². The summed E-state index contributed by atoms with van der Waals surface area (Å²) in [5, 5.41) is 5.13. The molecule has 2 rings (SSSR count). The lowest BCUT2D eigenvalue weighted by atomic mass is 10.0. The van der Waals surface area contributed by atoms with Crippen molar-refractivity contribution in [1.29, 1.82) is 0 Å². The van der Waals surface area contributed by atoms with Gasteiger partial charge < -0.3 is 10.5 Å². The van der Waals surface area contributed by atoms with Gasteiger partial charge in [0.2, 0.25) is 0 Å². The van der Waals surface area contributed by atoms with Crippen LogP contribution in [0.2, 0.25) is 5.02 Å². The van der Waals surface area contributed by atoms with Crippen LogP contribution in [0.4, 0.5) is 0 Å². The zero-order valence-corrected chi connectivity index (χ0v) is 12.8. The highest BCUT2D eigenvalue weighted by Crippen LogP contribution is 2.26. The maximum atomic E-state index is 6.32. The Labute approximate surface area is 124 Å². The monoisotopic (exact) mass is 293 g/mol. The Morgan fingerprint density at radius 1 is 1.45 bits per heavy atom. The summed E-state index contributed by atoms with van der Waals surface area (Å²) in [6, 6.07) is 7.67. The average Bonchev–Trinajstić information content (AvgIpc) is 2.75. The van der Waals surface area contributed by atoms with E-state index >= 15 is 0 Å². The molecule has 5 heteroatoms. The summed E-state index contributed by atoms with van der Waals surface area (Å²) < 4.78 is 7.14. The van der Waals surface area contributed by atoms with Crippen molar-refractivity contribution < 1.29 is 4.74 Å². The quantitative estimate of drug-likeness (QED) is 0.921. The Bertz CT molecular complexity index is 595. The molecule has 1 aromatic heterocycles. The maximum absolute atomic E-state index is 6.32. The molecule has 2 aromatic rings. The van der Waals surface area contributed by atoms with Crippen molar-refractivity contribution in [3.8, 4) is 5.75 Å². The topological polar surface area (TPSA) is 53.1 Å². The number of hydrogen-bond donors (Lipinski definition) is 1. The molecule has 0 saturated carbocycles. The summed E-state index contributed by atoms with van der Waals surface area (Å²) in [6.07, 6.45) is 0.653. The van der Waals surface area contributed by atoms with Crippen molar-refractivity contribution in [1.82, 2.24) is 9.78 Å². The molecule has 0 radical (unpaired) electrons. The van der Waals surface area contributed by atoms with Crippen molar-refractivity contribution in [2.45, 2.75) is 32.9 Å². The van der Waals surface area contributed by atoms with Crippen LogP contribution in [0.3, 0.4) is 0 Å². The number of methoxy groups -OCH3 is 1. The predicted octanol–water partition coefficient (Wildman–Crippen LogP) is 3.12. The first-order chi connectivity index (χ1) is 9.56. The molecule has 20 heavy (non-hydrogen) atoms. The van der Waals surface area contributed by atoms with Gasteiger partial charge in [0.05, 0.1) is 23.5 Å². The van der Waals surface area contributed by atoms with E-state index in [0.29, 0.717) is 11.4 Å². The smallest absolute Gasteiger partial charge is 0.119 e. The van der Waals surface area contributed by atoms with Gasteiger partial charge in [-0.15, -0.1) is 0 Å². The van der Waals surface area contributed by atoms with Gasteiger partial charge in [-0.1, -0.05) is 23.7 Å². The van der Waals surface area contributed by atoms with Gasteiger partial charge in [0.25, 0.3) is 0 Å². The number of hydrogen-bond acceptors (Lipinski definition) is 3. The molecular formula is C15H20ClN3O. The lowest BCUT2D eigenvalue weighted by Crippen LogP contribution is -2.16. The molecule has 0 aliphatic rings. The van der Waals surface area contributed by atoms with Crippen molar-refractivity contribution in [2.24, 2.45) is 5.73 Å². The summed E-state index contributed by atoms with van der Waals surface area (Å²) in [6.45, 7) is 4.74. The number of nitrogens with zero attached hydrogens (tertiary/aromatic N) is 2. The molecule has 1 aromatic carbocycles. The molecule has 0 aliphatic heterocycles. The molecule has 1 heterocycles. The highest BCUT2D eigenvalue weighted by atomic mass is 35.5. The van der Waals surface area contributed by atoms with E-state index in [1.807, 2.05) is 42.8 Å². The third-order valence-electron chi connectivity index (χ3n) is 3.39.